The molecule has 10 nitrogen and oxygen atoms in total. The summed E-state index contributed by atoms with van der Waals surface area (Å²) in [6, 6.07) is 8.91. The third kappa shape index (κ3) is 5.57. The molecule has 0 saturated carbocycles. The number of nitro benzene ring substituents is 1. The Morgan fingerprint density at radius 3 is 2.70 bits per heavy atom. The van der Waals surface area contributed by atoms with Crippen LogP contribution in [0.4, 0.5) is 20.2 Å². The highest BCUT2D eigenvalue weighted by Crippen LogP contribution is 2.30. The van der Waals surface area contributed by atoms with Crippen LogP contribution in [0.5, 0.6) is 0 Å². The molecule has 2 aromatic carbocycles. The fraction of sp³-hybridized carbons (Fsp3) is 0.250. The Bertz CT molecular complexity index is 1490. The first-order valence-corrected chi connectivity index (χ1v) is 12.7. The molecule has 1 aromatic heterocycles. The van der Waals surface area contributed by atoms with Crippen LogP contribution in [0.25, 0.3) is 12.2 Å². The van der Waals surface area contributed by atoms with Gasteiger partial charge in [0.2, 0.25) is 21.7 Å². The second-order valence-corrected chi connectivity index (χ2v) is 10.3. The Balaban J connectivity index is 1.53. The first-order chi connectivity index (χ1) is 17.6. The van der Waals surface area contributed by atoms with E-state index in [4.69, 9.17) is 4.52 Å². The summed E-state index contributed by atoms with van der Waals surface area (Å²) in [7, 11) is -4.14. The number of nitro groups is 1. The second kappa shape index (κ2) is 10.6. The molecule has 0 radical (unpaired) electrons. The van der Waals surface area contributed by atoms with Gasteiger partial charge < -0.3 is 9.84 Å². The number of rotatable bonds is 7. The van der Waals surface area contributed by atoms with Crippen molar-refractivity contribution in [3.05, 3.63) is 81.2 Å². The predicted octanol–water partition coefficient (Wildman–Crippen LogP) is 4.38. The van der Waals surface area contributed by atoms with Gasteiger partial charge in [0, 0.05) is 30.4 Å². The maximum absolute atomic E-state index is 14.0. The van der Waals surface area contributed by atoms with Crippen LogP contribution >= 0.6 is 0 Å². The first kappa shape index (κ1) is 26.1. The van der Waals surface area contributed by atoms with Crippen LogP contribution in [0.1, 0.15) is 29.9 Å². The van der Waals surface area contributed by atoms with Gasteiger partial charge in [0.1, 0.15) is 11.5 Å². The Morgan fingerprint density at radius 1 is 1.22 bits per heavy atom. The van der Waals surface area contributed by atoms with E-state index in [0.717, 1.165) is 16.4 Å². The molecule has 37 heavy (non-hydrogen) atoms. The van der Waals surface area contributed by atoms with Crippen LogP contribution in [0.3, 0.4) is 0 Å². The van der Waals surface area contributed by atoms with E-state index in [1.54, 1.807) is 6.07 Å². The van der Waals surface area contributed by atoms with Gasteiger partial charge in [-0.2, -0.15) is 8.70 Å². The molecule has 4 rings (SSSR count). The normalized spacial score (nSPS) is 16.7. The number of benzene rings is 2. The van der Waals surface area contributed by atoms with Crippen LogP contribution in [-0.4, -0.2) is 41.8 Å². The Hall–Kier alpha value is -3.97. The topological polar surface area (TPSA) is 136 Å². The van der Waals surface area contributed by atoms with E-state index < -0.39 is 44.1 Å². The Labute approximate surface area is 210 Å². The van der Waals surface area contributed by atoms with E-state index in [9.17, 15) is 32.1 Å². The van der Waals surface area contributed by atoms with Crippen molar-refractivity contribution in [1.29, 1.82) is 0 Å². The van der Waals surface area contributed by atoms with Crippen molar-refractivity contribution in [2.75, 3.05) is 18.4 Å². The van der Waals surface area contributed by atoms with Gasteiger partial charge in [0.15, 0.2) is 10.7 Å². The number of hydrogen-bond donors (Lipinski definition) is 1. The first-order valence-electron chi connectivity index (χ1n) is 11.2. The maximum atomic E-state index is 14.0. The summed E-state index contributed by atoms with van der Waals surface area (Å²) in [6.07, 6.45) is 3.46. The highest BCUT2D eigenvalue weighted by atomic mass is 32.2. The number of carbonyl (C=O) groups excluding carboxylic acids is 1. The monoisotopic (exact) mass is 532 g/mol. The van der Waals surface area contributed by atoms with Crippen molar-refractivity contribution in [3.63, 3.8) is 0 Å². The largest absolute Gasteiger partial charge is 0.355 e. The van der Waals surface area contributed by atoms with E-state index >= 15 is 0 Å². The third-order valence-corrected chi connectivity index (χ3v) is 7.94. The van der Waals surface area contributed by atoms with Gasteiger partial charge in [-0.05, 0) is 50.1 Å². The molecule has 1 amide bonds. The quantitative estimate of drug-likeness (QED) is 0.352. The summed E-state index contributed by atoms with van der Waals surface area (Å²) >= 11 is 0. The fourth-order valence-corrected chi connectivity index (χ4v) is 5.83. The number of nitrogens with zero attached hydrogens (tertiary/aromatic N) is 3. The number of sulfonamides is 1. The van der Waals surface area contributed by atoms with Gasteiger partial charge in [0.25, 0.3) is 0 Å². The fourth-order valence-electron chi connectivity index (χ4n) is 4.05. The number of aryl methyl sites for hydroxylation is 1. The molecule has 2 heterocycles. The van der Waals surface area contributed by atoms with Gasteiger partial charge in [0.05, 0.1) is 10.8 Å². The zero-order valence-electron chi connectivity index (χ0n) is 19.6. The number of aromatic nitrogens is 1. The number of piperidine rings is 1. The molecule has 1 aliphatic heterocycles. The molecule has 0 aliphatic carbocycles. The van der Waals surface area contributed by atoms with Crippen molar-refractivity contribution < 1.29 is 31.4 Å². The molecule has 0 bridgehead atoms. The highest BCUT2D eigenvalue weighted by Gasteiger charge is 2.37. The van der Waals surface area contributed by atoms with E-state index in [1.807, 2.05) is 0 Å². The van der Waals surface area contributed by atoms with Gasteiger partial charge >= 0.3 is 5.69 Å². The average Bonchev–Trinajstić information content (AvgIpc) is 3.25. The van der Waals surface area contributed by atoms with Gasteiger partial charge in [-0.1, -0.05) is 23.4 Å². The van der Waals surface area contributed by atoms with Gasteiger partial charge in [-0.3, -0.25) is 14.9 Å². The molecular weight excluding hydrogens is 510 g/mol. The number of nitrogens with one attached hydrogen (secondary N) is 1. The van der Waals surface area contributed by atoms with Crippen LogP contribution in [-0.2, 0) is 14.8 Å². The van der Waals surface area contributed by atoms with Crippen molar-refractivity contribution >= 4 is 39.5 Å². The molecule has 0 spiro atoms. The summed E-state index contributed by atoms with van der Waals surface area (Å²) in [6.45, 7) is 1.46. The molecule has 13 heteroatoms. The summed E-state index contributed by atoms with van der Waals surface area (Å²) in [5, 5.41) is 17.2. The molecule has 3 aromatic rings. The maximum Gasteiger partial charge on any atom is 0.306 e. The van der Waals surface area contributed by atoms with Crippen molar-refractivity contribution in [1.82, 2.24) is 9.46 Å². The summed E-state index contributed by atoms with van der Waals surface area (Å²) in [5.74, 6) is -2.92. The molecule has 1 atom stereocenters. The van der Waals surface area contributed by atoms with Crippen LogP contribution in [0, 0.1) is 34.6 Å². The lowest BCUT2D eigenvalue weighted by Crippen LogP contribution is -2.43. The van der Waals surface area contributed by atoms with Crippen LogP contribution in [0.2, 0.25) is 0 Å². The average molecular weight is 533 g/mol. The number of anilines is 1. The summed E-state index contributed by atoms with van der Waals surface area (Å²) < 4.78 is 61.0. The minimum atomic E-state index is -4.14. The molecule has 1 saturated heterocycles. The van der Waals surface area contributed by atoms with Crippen molar-refractivity contribution in [2.24, 2.45) is 5.92 Å². The lowest BCUT2D eigenvalue weighted by Gasteiger charge is -2.31. The minimum Gasteiger partial charge on any atom is -0.355 e. The van der Waals surface area contributed by atoms with Crippen molar-refractivity contribution in [3.8, 4) is 0 Å². The van der Waals surface area contributed by atoms with E-state index in [1.165, 1.54) is 43.3 Å². The molecule has 1 fully saturated rings. The third-order valence-electron chi connectivity index (χ3n) is 5.92. The zero-order chi connectivity index (χ0) is 26.7. The molecule has 1 aliphatic rings. The van der Waals surface area contributed by atoms with Gasteiger partial charge in [-0.25, -0.2) is 12.8 Å². The second-order valence-electron chi connectivity index (χ2n) is 8.43. The van der Waals surface area contributed by atoms with Gasteiger partial charge in [-0.15, -0.1) is 0 Å². The molecular formula is C24H22F2N4O6S. The Morgan fingerprint density at radius 2 is 1.97 bits per heavy atom. The lowest BCUT2D eigenvalue weighted by molar-refractivity contribution is -0.387. The summed E-state index contributed by atoms with van der Waals surface area (Å²) in [4.78, 5) is 22.7. The molecule has 1 N–H and O–H groups in total. The van der Waals surface area contributed by atoms with Crippen molar-refractivity contribution in [2.45, 2.75) is 24.7 Å². The number of carbonyl (C=O) groups is 1. The van der Waals surface area contributed by atoms with E-state index in [0.29, 0.717) is 12.8 Å². The molecule has 194 valence electrons. The lowest BCUT2D eigenvalue weighted by atomic mass is 9.98. The predicted molar refractivity (Wildman–Crippen MR) is 130 cm³/mol. The minimum absolute atomic E-state index is 0.0218. The van der Waals surface area contributed by atoms with E-state index in [2.05, 4.69) is 10.5 Å². The zero-order valence-corrected chi connectivity index (χ0v) is 20.4. The van der Waals surface area contributed by atoms with Crippen LogP contribution < -0.4 is 5.32 Å². The number of halogens is 2. The SMILES string of the molecule is Cc1noc(C=Cc2ccccc2F)c1S(=O)(=O)N1CCCC(C(=O)Nc2ccc(F)c([N+](=O)[O-])c2)C1. The number of hydrogen-bond acceptors (Lipinski definition) is 7. The number of amides is 1. The van der Waals surface area contributed by atoms with E-state index in [-0.39, 0.29) is 40.7 Å². The Kier molecular flexibility index (Phi) is 7.45. The van der Waals surface area contributed by atoms with Crippen LogP contribution in [0.15, 0.2) is 51.9 Å². The summed E-state index contributed by atoms with van der Waals surface area (Å²) in [5.41, 5.74) is -0.424. The molecule has 1 unspecified atom stereocenters. The standard InChI is InChI=1S/C24H22F2N4O6S/c1-15-23(22(36-28-15)11-8-16-5-2-3-7-19(16)25)37(34,35)29-12-4-6-17(14-29)24(31)27-18-9-10-20(26)21(13-18)30(32)33/h2-3,5,7-11,13,17H,4,6,12,14H2,1H3,(H,27,31). The smallest absolute Gasteiger partial charge is 0.306 e. The highest BCUT2D eigenvalue weighted by molar-refractivity contribution is 7.89.